The lowest BCUT2D eigenvalue weighted by molar-refractivity contribution is 0.874. The van der Waals surface area contributed by atoms with E-state index in [9.17, 15) is 0 Å². The molecule has 0 amide bonds. The maximum absolute atomic E-state index is 6.26. The maximum atomic E-state index is 6.26. The van der Waals surface area contributed by atoms with Crippen molar-refractivity contribution in [2.75, 3.05) is 0 Å². The van der Waals surface area contributed by atoms with Gasteiger partial charge in [-0.25, -0.2) is 0 Å². The first-order valence-corrected chi connectivity index (χ1v) is 6.01. The third-order valence-electron chi connectivity index (χ3n) is 2.15. The van der Waals surface area contributed by atoms with Gasteiger partial charge < -0.3 is 0 Å². The number of halogens is 2. The first-order valence-electron chi connectivity index (χ1n) is 4.72. The SMILES string of the molecule is CC(Br)Cc1nnc2ccccc2c1Cl. The van der Waals surface area contributed by atoms with E-state index in [2.05, 4.69) is 33.1 Å². The molecule has 0 radical (unpaired) electrons. The van der Waals surface area contributed by atoms with Crippen LogP contribution < -0.4 is 0 Å². The van der Waals surface area contributed by atoms with E-state index in [1.165, 1.54) is 0 Å². The van der Waals surface area contributed by atoms with Crippen molar-refractivity contribution in [3.63, 3.8) is 0 Å². The fourth-order valence-corrected chi connectivity index (χ4v) is 2.04. The van der Waals surface area contributed by atoms with Gasteiger partial charge in [-0.2, -0.15) is 10.2 Å². The topological polar surface area (TPSA) is 25.8 Å². The van der Waals surface area contributed by atoms with Gasteiger partial charge in [-0.15, -0.1) is 0 Å². The van der Waals surface area contributed by atoms with Crippen molar-refractivity contribution >= 4 is 38.4 Å². The van der Waals surface area contributed by atoms with E-state index in [0.717, 1.165) is 23.0 Å². The molecule has 0 fully saturated rings. The molecule has 15 heavy (non-hydrogen) atoms. The Bertz CT molecular complexity index is 485. The van der Waals surface area contributed by atoms with Crippen LogP contribution in [0.2, 0.25) is 5.02 Å². The van der Waals surface area contributed by atoms with Crippen LogP contribution in [-0.4, -0.2) is 15.0 Å². The number of hydrogen-bond donors (Lipinski definition) is 0. The third-order valence-corrected chi connectivity index (χ3v) is 2.89. The molecule has 2 nitrogen and oxygen atoms in total. The van der Waals surface area contributed by atoms with E-state index in [4.69, 9.17) is 11.6 Å². The van der Waals surface area contributed by atoms with Gasteiger partial charge in [0.2, 0.25) is 0 Å². The first kappa shape index (κ1) is 10.8. The number of aromatic nitrogens is 2. The summed E-state index contributed by atoms with van der Waals surface area (Å²) >= 11 is 9.75. The summed E-state index contributed by atoms with van der Waals surface area (Å²) in [5, 5.41) is 9.96. The van der Waals surface area contributed by atoms with Gasteiger partial charge in [0.25, 0.3) is 0 Å². The van der Waals surface area contributed by atoms with Crippen molar-refractivity contribution in [2.24, 2.45) is 0 Å². The summed E-state index contributed by atoms with van der Waals surface area (Å²) in [6, 6.07) is 7.77. The molecular formula is C11H10BrClN2. The van der Waals surface area contributed by atoms with Crippen molar-refractivity contribution < 1.29 is 0 Å². The summed E-state index contributed by atoms with van der Waals surface area (Å²) < 4.78 is 0. The van der Waals surface area contributed by atoms with Gasteiger partial charge in [0.05, 0.1) is 16.2 Å². The van der Waals surface area contributed by atoms with Crippen LogP contribution in [0.1, 0.15) is 12.6 Å². The second kappa shape index (κ2) is 4.45. The second-order valence-corrected chi connectivity index (χ2v) is 5.40. The Hall–Kier alpha value is -0.670. The highest BCUT2D eigenvalue weighted by Gasteiger charge is 2.09. The Morgan fingerprint density at radius 3 is 2.80 bits per heavy atom. The molecule has 0 aliphatic heterocycles. The minimum Gasteiger partial charge on any atom is -0.153 e. The normalized spacial score (nSPS) is 13.0. The first-order chi connectivity index (χ1) is 7.18. The molecule has 0 N–H and O–H groups in total. The number of alkyl halides is 1. The molecule has 0 saturated carbocycles. The van der Waals surface area contributed by atoms with Crippen LogP contribution in [0.25, 0.3) is 10.9 Å². The lowest BCUT2D eigenvalue weighted by atomic mass is 10.1. The van der Waals surface area contributed by atoms with Crippen LogP contribution in [-0.2, 0) is 6.42 Å². The van der Waals surface area contributed by atoms with E-state index in [1.807, 2.05) is 24.3 Å². The zero-order valence-corrected chi connectivity index (χ0v) is 10.6. The fourth-order valence-electron chi connectivity index (χ4n) is 1.46. The summed E-state index contributed by atoms with van der Waals surface area (Å²) in [4.78, 5) is 0.352. The second-order valence-electron chi connectivity index (χ2n) is 3.46. The molecule has 1 atom stereocenters. The van der Waals surface area contributed by atoms with Gasteiger partial charge in [-0.05, 0) is 6.07 Å². The van der Waals surface area contributed by atoms with Crippen LogP contribution >= 0.6 is 27.5 Å². The van der Waals surface area contributed by atoms with Gasteiger partial charge in [0.15, 0.2) is 0 Å². The Morgan fingerprint density at radius 2 is 2.07 bits per heavy atom. The Labute approximate surface area is 102 Å². The van der Waals surface area contributed by atoms with Crippen molar-refractivity contribution in [3.05, 3.63) is 35.0 Å². The fraction of sp³-hybridized carbons (Fsp3) is 0.273. The van der Waals surface area contributed by atoms with Crippen molar-refractivity contribution in [1.29, 1.82) is 0 Å². The number of rotatable bonds is 2. The quantitative estimate of drug-likeness (QED) is 0.788. The molecule has 1 aromatic carbocycles. The minimum absolute atomic E-state index is 0.352. The van der Waals surface area contributed by atoms with Gasteiger partial charge in [0.1, 0.15) is 0 Å². The zero-order valence-electron chi connectivity index (χ0n) is 8.24. The molecule has 0 aliphatic carbocycles. The number of hydrogen-bond acceptors (Lipinski definition) is 2. The van der Waals surface area contributed by atoms with E-state index in [-0.39, 0.29) is 0 Å². The summed E-state index contributed by atoms with van der Waals surface area (Å²) in [5.41, 5.74) is 1.69. The van der Waals surface area contributed by atoms with Crippen LogP contribution in [0.4, 0.5) is 0 Å². The molecule has 0 spiro atoms. The van der Waals surface area contributed by atoms with Crippen molar-refractivity contribution in [2.45, 2.75) is 18.2 Å². The number of nitrogens with zero attached hydrogens (tertiary/aromatic N) is 2. The number of fused-ring (bicyclic) bond motifs is 1. The highest BCUT2D eigenvalue weighted by molar-refractivity contribution is 9.09. The molecule has 1 aromatic heterocycles. The van der Waals surface area contributed by atoms with Gasteiger partial charge in [-0.3, -0.25) is 0 Å². The van der Waals surface area contributed by atoms with E-state index >= 15 is 0 Å². The summed E-state index contributed by atoms with van der Waals surface area (Å²) in [7, 11) is 0. The molecular weight excluding hydrogens is 275 g/mol. The molecule has 2 rings (SSSR count). The number of benzene rings is 1. The van der Waals surface area contributed by atoms with Gasteiger partial charge in [-0.1, -0.05) is 52.7 Å². The predicted octanol–water partition coefficient (Wildman–Crippen LogP) is 3.61. The highest BCUT2D eigenvalue weighted by Crippen LogP contribution is 2.25. The van der Waals surface area contributed by atoms with Crippen molar-refractivity contribution in [1.82, 2.24) is 10.2 Å². The van der Waals surface area contributed by atoms with Crippen LogP contribution in [0.5, 0.6) is 0 Å². The average molecular weight is 286 g/mol. The molecule has 1 heterocycles. The maximum Gasteiger partial charge on any atom is 0.0944 e. The molecule has 78 valence electrons. The molecule has 0 saturated heterocycles. The van der Waals surface area contributed by atoms with Crippen molar-refractivity contribution in [3.8, 4) is 0 Å². The Balaban J connectivity index is 2.55. The summed E-state index contributed by atoms with van der Waals surface area (Å²) in [5.74, 6) is 0. The lowest BCUT2D eigenvalue weighted by Crippen LogP contribution is -2.02. The molecule has 0 bridgehead atoms. The average Bonchev–Trinajstić information content (AvgIpc) is 2.22. The molecule has 1 unspecified atom stereocenters. The lowest BCUT2D eigenvalue weighted by Gasteiger charge is -2.06. The summed E-state index contributed by atoms with van der Waals surface area (Å²) in [6.07, 6.45) is 0.788. The van der Waals surface area contributed by atoms with E-state index in [0.29, 0.717) is 9.85 Å². The summed E-state index contributed by atoms with van der Waals surface area (Å²) in [6.45, 7) is 2.06. The predicted molar refractivity (Wildman–Crippen MR) is 66.6 cm³/mol. The highest BCUT2D eigenvalue weighted by atomic mass is 79.9. The van der Waals surface area contributed by atoms with E-state index in [1.54, 1.807) is 0 Å². The Morgan fingerprint density at radius 1 is 1.33 bits per heavy atom. The van der Waals surface area contributed by atoms with Gasteiger partial charge >= 0.3 is 0 Å². The molecule has 2 aromatic rings. The van der Waals surface area contributed by atoms with Gasteiger partial charge in [0, 0.05) is 16.6 Å². The van der Waals surface area contributed by atoms with E-state index < -0.39 is 0 Å². The third kappa shape index (κ3) is 2.29. The molecule has 0 aliphatic rings. The van der Waals surface area contributed by atoms with Crippen LogP contribution in [0.15, 0.2) is 24.3 Å². The largest absolute Gasteiger partial charge is 0.153 e. The Kier molecular flexibility index (Phi) is 3.22. The standard InChI is InChI=1S/C11H10BrClN2/c1-7(12)6-10-11(13)8-4-2-3-5-9(8)14-15-10/h2-5,7H,6H2,1H3. The smallest absolute Gasteiger partial charge is 0.0944 e. The molecule has 4 heteroatoms. The van der Waals surface area contributed by atoms with Crippen LogP contribution in [0.3, 0.4) is 0 Å². The minimum atomic E-state index is 0.352. The monoisotopic (exact) mass is 284 g/mol. The zero-order chi connectivity index (χ0) is 10.8. The van der Waals surface area contributed by atoms with Crippen LogP contribution in [0, 0.1) is 0 Å².